The molecular formula is C9H13FNP. The summed E-state index contributed by atoms with van der Waals surface area (Å²) in [5, 5.41) is -0.245. The minimum Gasteiger partial charge on any atom is -0.257 e. The molecule has 0 spiro atoms. The molecule has 3 heteroatoms. The molecule has 1 aromatic rings. The lowest BCUT2D eigenvalue weighted by atomic mass is 10.0. The lowest BCUT2D eigenvalue weighted by molar-refractivity contribution is 0.544. The molecule has 0 aliphatic rings. The van der Waals surface area contributed by atoms with Crippen LogP contribution in [0, 0.1) is 5.82 Å². The van der Waals surface area contributed by atoms with E-state index >= 15 is 0 Å². The molecule has 0 radical (unpaired) electrons. The van der Waals surface area contributed by atoms with E-state index in [4.69, 9.17) is 0 Å². The molecule has 0 aliphatic heterocycles. The first-order chi connectivity index (χ1) is 5.58. The van der Waals surface area contributed by atoms with E-state index in [1.54, 1.807) is 12.3 Å². The zero-order chi connectivity index (χ0) is 9.19. The molecule has 1 heterocycles. The SMILES string of the molecule is CCC(C)(P)c1ncccc1F. The Morgan fingerprint density at radius 2 is 2.33 bits per heavy atom. The molecule has 1 rings (SSSR count). The Labute approximate surface area is 74.6 Å². The van der Waals surface area contributed by atoms with Gasteiger partial charge < -0.3 is 0 Å². The van der Waals surface area contributed by atoms with Crippen molar-refractivity contribution in [2.45, 2.75) is 25.4 Å². The highest BCUT2D eigenvalue weighted by Gasteiger charge is 2.23. The number of pyridine rings is 1. The van der Waals surface area contributed by atoms with Gasteiger partial charge in [-0.3, -0.25) is 4.98 Å². The lowest BCUT2D eigenvalue weighted by Gasteiger charge is -2.21. The molecule has 0 bridgehead atoms. The minimum atomic E-state index is -0.245. The zero-order valence-corrected chi connectivity index (χ0v) is 8.50. The van der Waals surface area contributed by atoms with Gasteiger partial charge in [-0.2, -0.15) is 0 Å². The van der Waals surface area contributed by atoms with Gasteiger partial charge in [0.25, 0.3) is 0 Å². The Morgan fingerprint density at radius 1 is 1.67 bits per heavy atom. The molecule has 0 saturated carbocycles. The van der Waals surface area contributed by atoms with Crippen molar-refractivity contribution in [1.82, 2.24) is 4.98 Å². The van der Waals surface area contributed by atoms with Crippen LogP contribution in [-0.4, -0.2) is 4.98 Å². The molecule has 2 unspecified atom stereocenters. The summed E-state index contributed by atoms with van der Waals surface area (Å²) in [4.78, 5) is 4.02. The fourth-order valence-corrected chi connectivity index (χ4v) is 1.19. The maximum absolute atomic E-state index is 13.2. The highest BCUT2D eigenvalue weighted by atomic mass is 31.0. The Kier molecular flexibility index (Phi) is 2.79. The van der Waals surface area contributed by atoms with Crippen LogP contribution in [0.25, 0.3) is 0 Å². The molecule has 1 aromatic heterocycles. The van der Waals surface area contributed by atoms with E-state index < -0.39 is 0 Å². The number of hydrogen-bond acceptors (Lipinski definition) is 1. The van der Waals surface area contributed by atoms with Crippen molar-refractivity contribution >= 4 is 9.24 Å². The Hall–Kier alpha value is -0.490. The average Bonchev–Trinajstić information content (AvgIpc) is 2.05. The van der Waals surface area contributed by atoms with Crippen molar-refractivity contribution in [3.8, 4) is 0 Å². The Balaban J connectivity index is 3.10. The van der Waals surface area contributed by atoms with Crippen molar-refractivity contribution in [2.24, 2.45) is 0 Å². The number of halogens is 1. The van der Waals surface area contributed by atoms with E-state index in [1.165, 1.54) is 6.07 Å². The van der Waals surface area contributed by atoms with Gasteiger partial charge in [-0.05, 0) is 18.6 Å². The highest BCUT2D eigenvalue weighted by Crippen LogP contribution is 2.33. The van der Waals surface area contributed by atoms with E-state index in [0.717, 1.165) is 6.42 Å². The van der Waals surface area contributed by atoms with Crippen LogP contribution >= 0.6 is 9.24 Å². The van der Waals surface area contributed by atoms with Gasteiger partial charge in [-0.25, -0.2) is 4.39 Å². The second-order valence-electron chi connectivity index (χ2n) is 3.10. The number of hydrogen-bond donors (Lipinski definition) is 0. The molecule has 0 fully saturated rings. The first kappa shape index (κ1) is 9.60. The number of nitrogens with zero attached hydrogens (tertiary/aromatic N) is 1. The Morgan fingerprint density at radius 3 is 2.83 bits per heavy atom. The van der Waals surface area contributed by atoms with Crippen molar-refractivity contribution in [3.63, 3.8) is 0 Å². The summed E-state index contributed by atoms with van der Waals surface area (Å²) in [6.45, 7) is 3.98. The van der Waals surface area contributed by atoms with Gasteiger partial charge in [0.15, 0.2) is 0 Å². The van der Waals surface area contributed by atoms with Gasteiger partial charge in [0.2, 0.25) is 0 Å². The van der Waals surface area contributed by atoms with Gasteiger partial charge in [-0.1, -0.05) is 13.8 Å². The summed E-state index contributed by atoms with van der Waals surface area (Å²) in [7, 11) is 2.64. The van der Waals surface area contributed by atoms with Crippen molar-refractivity contribution in [2.75, 3.05) is 0 Å². The van der Waals surface area contributed by atoms with Gasteiger partial charge in [0.1, 0.15) is 5.82 Å². The molecule has 12 heavy (non-hydrogen) atoms. The van der Waals surface area contributed by atoms with Crippen LogP contribution in [0.4, 0.5) is 4.39 Å². The van der Waals surface area contributed by atoms with Gasteiger partial charge >= 0.3 is 0 Å². The topological polar surface area (TPSA) is 12.9 Å². The summed E-state index contributed by atoms with van der Waals surface area (Å²) in [6, 6.07) is 3.05. The monoisotopic (exact) mass is 185 g/mol. The standard InChI is InChI=1S/C9H13FNP/c1-3-9(2,12)8-7(10)5-4-6-11-8/h4-6H,3,12H2,1-2H3. The molecule has 0 amide bonds. The van der Waals surface area contributed by atoms with Crippen LogP contribution in [0.3, 0.4) is 0 Å². The lowest BCUT2D eigenvalue weighted by Crippen LogP contribution is -2.15. The first-order valence-electron chi connectivity index (χ1n) is 3.98. The third kappa shape index (κ3) is 1.81. The van der Waals surface area contributed by atoms with Crippen molar-refractivity contribution in [3.05, 3.63) is 29.8 Å². The summed E-state index contributed by atoms with van der Waals surface area (Å²) < 4.78 is 13.2. The summed E-state index contributed by atoms with van der Waals surface area (Å²) in [6.07, 6.45) is 2.47. The van der Waals surface area contributed by atoms with Crippen LogP contribution < -0.4 is 0 Å². The van der Waals surface area contributed by atoms with E-state index in [2.05, 4.69) is 14.2 Å². The van der Waals surface area contributed by atoms with Crippen molar-refractivity contribution in [1.29, 1.82) is 0 Å². The van der Waals surface area contributed by atoms with Crippen LogP contribution in [0.1, 0.15) is 26.0 Å². The summed E-state index contributed by atoms with van der Waals surface area (Å²) in [5.41, 5.74) is 0.525. The number of aromatic nitrogens is 1. The average molecular weight is 185 g/mol. The van der Waals surface area contributed by atoms with Crippen LogP contribution in [0.15, 0.2) is 18.3 Å². The van der Waals surface area contributed by atoms with Crippen LogP contribution in [0.2, 0.25) is 0 Å². The van der Waals surface area contributed by atoms with E-state index in [1.807, 2.05) is 13.8 Å². The smallest absolute Gasteiger partial charge is 0.145 e. The molecule has 2 atom stereocenters. The first-order valence-corrected chi connectivity index (χ1v) is 4.55. The predicted molar refractivity (Wildman–Crippen MR) is 51.5 cm³/mol. The second-order valence-corrected chi connectivity index (χ2v) is 4.38. The molecule has 0 aromatic carbocycles. The van der Waals surface area contributed by atoms with Crippen molar-refractivity contribution < 1.29 is 4.39 Å². The fourth-order valence-electron chi connectivity index (χ4n) is 0.973. The second kappa shape index (κ2) is 3.49. The molecule has 0 aliphatic carbocycles. The van der Waals surface area contributed by atoms with Gasteiger partial charge in [0, 0.05) is 11.4 Å². The normalized spacial score (nSPS) is 15.7. The molecule has 0 saturated heterocycles. The van der Waals surface area contributed by atoms with E-state index in [9.17, 15) is 4.39 Å². The van der Waals surface area contributed by atoms with Gasteiger partial charge in [0.05, 0.1) is 5.69 Å². The van der Waals surface area contributed by atoms with Crippen LogP contribution in [-0.2, 0) is 5.16 Å². The largest absolute Gasteiger partial charge is 0.257 e. The van der Waals surface area contributed by atoms with E-state index in [0.29, 0.717) is 5.69 Å². The van der Waals surface area contributed by atoms with Crippen LogP contribution in [0.5, 0.6) is 0 Å². The molecule has 0 N–H and O–H groups in total. The molecular weight excluding hydrogens is 172 g/mol. The maximum Gasteiger partial charge on any atom is 0.145 e. The highest BCUT2D eigenvalue weighted by molar-refractivity contribution is 7.18. The molecule has 1 nitrogen and oxygen atoms in total. The third-order valence-electron chi connectivity index (χ3n) is 2.03. The minimum absolute atomic E-state index is 0.225. The Bertz CT molecular complexity index is 273. The molecule has 66 valence electrons. The third-order valence-corrected chi connectivity index (χ3v) is 2.72. The van der Waals surface area contributed by atoms with Gasteiger partial charge in [-0.15, -0.1) is 9.24 Å². The zero-order valence-electron chi connectivity index (χ0n) is 7.34. The maximum atomic E-state index is 13.2. The quantitative estimate of drug-likeness (QED) is 0.645. The summed E-state index contributed by atoms with van der Waals surface area (Å²) in [5.74, 6) is -0.225. The van der Waals surface area contributed by atoms with E-state index in [-0.39, 0.29) is 11.0 Å². The number of rotatable bonds is 2. The summed E-state index contributed by atoms with van der Waals surface area (Å²) >= 11 is 0. The fraction of sp³-hybridized carbons (Fsp3) is 0.444. The predicted octanol–water partition coefficient (Wildman–Crippen LogP) is 2.72.